The van der Waals surface area contributed by atoms with E-state index in [0.717, 1.165) is 32.7 Å². The number of amides is 12. The molecular formula is C89H120ClN15O22S4. The molecule has 0 radical (unpaired) electrons. The number of likely N-dealkylation sites (N-methyl/N-ethyl adjacent to an activating group) is 1. The van der Waals surface area contributed by atoms with E-state index >= 15 is 4.79 Å². The van der Waals surface area contributed by atoms with Crippen LogP contribution < -0.4 is 74.3 Å². The van der Waals surface area contributed by atoms with Crippen molar-refractivity contribution in [2.75, 3.05) is 75.9 Å². The molecule has 131 heavy (non-hydrogen) atoms. The zero-order valence-corrected chi connectivity index (χ0v) is 78.7. The number of methoxy groups -OCH3 is 2. The van der Waals surface area contributed by atoms with E-state index in [1.54, 1.807) is 92.9 Å². The second kappa shape index (κ2) is 49.5. The molecule has 0 spiro atoms. The fourth-order valence-corrected chi connectivity index (χ4v) is 19.8. The number of nitrogens with zero attached hydrogens (tertiary/aromatic N) is 2. The maximum Gasteiger partial charge on any atom is 0.409 e. The third kappa shape index (κ3) is 29.7. The molecule has 9 rings (SSSR count). The van der Waals surface area contributed by atoms with Gasteiger partial charge >= 0.3 is 12.1 Å². The first-order valence-electron chi connectivity index (χ1n) is 43.0. The Morgan fingerprint density at radius 3 is 2.14 bits per heavy atom. The van der Waals surface area contributed by atoms with E-state index in [2.05, 4.69) is 58.2 Å². The number of fused-ring (bicyclic) bond motifs is 6. The Bertz CT molecular complexity index is 4910. The molecule has 3 fully saturated rings. The number of benzene rings is 4. The van der Waals surface area contributed by atoms with E-state index in [1.165, 1.54) is 105 Å². The first-order valence-corrected chi connectivity index (χ1v) is 48.4. The monoisotopic (exact) mass is 1910 g/mol. The highest BCUT2D eigenvalue weighted by atomic mass is 35.5. The van der Waals surface area contributed by atoms with E-state index in [1.807, 2.05) is 19.1 Å². The summed E-state index contributed by atoms with van der Waals surface area (Å²) in [4.78, 5) is 192. The number of phenols is 1. The molecule has 37 nitrogen and oxygen atoms in total. The molecule has 4 aliphatic heterocycles. The number of hydrogen-bond donors (Lipinski definition) is 17. The van der Waals surface area contributed by atoms with Crippen LogP contribution in [0.2, 0.25) is 5.02 Å². The Morgan fingerprint density at radius 1 is 0.794 bits per heavy atom. The van der Waals surface area contributed by atoms with E-state index in [0.29, 0.717) is 51.9 Å². The van der Waals surface area contributed by atoms with Gasteiger partial charge in [0.1, 0.15) is 88.8 Å². The number of esters is 1. The lowest BCUT2D eigenvalue weighted by molar-refractivity contribution is -0.162. The van der Waals surface area contributed by atoms with Gasteiger partial charge in [-0.3, -0.25) is 58.1 Å². The molecule has 4 aromatic carbocycles. The molecule has 1 aromatic heterocycles. The average molecular weight is 1920 g/mol. The first kappa shape index (κ1) is 105. The van der Waals surface area contributed by atoms with Crippen LogP contribution in [0.4, 0.5) is 10.5 Å². The molecule has 4 aliphatic rings. The summed E-state index contributed by atoms with van der Waals surface area (Å²) in [5.41, 5.74) is 13.4. The number of carbonyl (C=O) groups excluding carboxylic acids is 13. The highest BCUT2D eigenvalue weighted by Gasteiger charge is 2.65. The number of aliphatic hydroxyl groups is 3. The SMILES string of the molecule is COc1cc2cc(c1Cl)N(C)C(=O)C[C@H](OC(=O)[C@H](C)N(C)C(=O)CCSSCCC(=O)NCCNC(=O)[C@@H](NC(=O)[C@@H]1CSSC[C@H](NC(=O)[C@H](N)Cc3ccccc3)C(=O)N[C@@H](Cc3ccc(O)cc3)C(=O)N[C@H](Cc3c[nH]c4ccccc34)C(=O)NC(CCCCN)C(=O)N[C@@H]([C@@H](C)O)C(=O)N1)[C@@H](C)O)[C@]1(C)O[C@H]1[C@H](C)[C@@H]1C[C@@](O)(NC(=O)O1)[C@H](OC)/C=C/C=C(\C)C2. The minimum atomic E-state index is -1.93. The van der Waals surface area contributed by atoms with Crippen molar-refractivity contribution < 1.29 is 106 Å². The number of nitrogens with two attached hydrogens (primary N) is 2. The van der Waals surface area contributed by atoms with E-state index in [9.17, 15) is 78.0 Å². The van der Waals surface area contributed by atoms with Gasteiger partial charge in [-0.2, -0.15) is 0 Å². The molecule has 0 saturated carbocycles. The fraction of sp³-hybridized carbons (Fsp3) is 0.517. The third-order valence-corrected chi connectivity index (χ3v) is 28.3. The number of rotatable bonds is 32. The molecule has 5 heterocycles. The topological polar surface area (TPSA) is 547 Å². The summed E-state index contributed by atoms with van der Waals surface area (Å²) in [6, 6.07) is 11.8. The smallest absolute Gasteiger partial charge is 0.409 e. The van der Waals surface area contributed by atoms with Gasteiger partial charge in [0.15, 0.2) is 5.72 Å². The number of aromatic nitrogens is 1. The van der Waals surface area contributed by atoms with Gasteiger partial charge in [0.05, 0.1) is 43.6 Å². The minimum Gasteiger partial charge on any atom is -0.508 e. The molecule has 3 saturated heterocycles. The third-order valence-electron chi connectivity index (χ3n) is 23.1. The average Bonchev–Trinajstić information content (AvgIpc) is 1.57. The Morgan fingerprint density at radius 2 is 1.45 bits per heavy atom. The van der Waals surface area contributed by atoms with Crippen molar-refractivity contribution in [1.82, 2.24) is 63.1 Å². The second-order valence-electron chi connectivity index (χ2n) is 33.0. The molecule has 42 heteroatoms. The van der Waals surface area contributed by atoms with Crippen LogP contribution >= 0.6 is 54.8 Å². The maximum absolute atomic E-state index is 15.0. The van der Waals surface area contributed by atoms with Crippen molar-refractivity contribution in [2.24, 2.45) is 17.4 Å². The molecule has 18 atom stereocenters. The Hall–Kier alpha value is -10.2. The Balaban J connectivity index is 0.818. The number of H-pyrrole nitrogens is 1. The molecule has 4 bridgehead atoms. The van der Waals surface area contributed by atoms with Gasteiger partial charge in [-0.05, 0) is 126 Å². The van der Waals surface area contributed by atoms with Gasteiger partial charge in [0.25, 0.3) is 0 Å². The van der Waals surface area contributed by atoms with Crippen LogP contribution in [0.25, 0.3) is 10.9 Å². The van der Waals surface area contributed by atoms with Crippen LogP contribution in [0.3, 0.4) is 0 Å². The van der Waals surface area contributed by atoms with Crippen molar-refractivity contribution in [3.8, 4) is 11.5 Å². The first-order chi connectivity index (χ1) is 62.3. The number of unbranched alkanes of at least 4 members (excludes halogenated alkanes) is 1. The summed E-state index contributed by atoms with van der Waals surface area (Å²) in [6.07, 6.45) is -1.50. The fourth-order valence-electron chi connectivity index (χ4n) is 15.2. The lowest BCUT2D eigenvalue weighted by Gasteiger charge is -2.42. The highest BCUT2D eigenvalue weighted by Crippen LogP contribution is 2.50. The number of alkyl carbamates (subject to hydrolysis) is 1. The van der Waals surface area contributed by atoms with Crippen molar-refractivity contribution in [2.45, 2.75) is 214 Å². The minimum absolute atomic E-state index is 0.00636. The Kier molecular flexibility index (Phi) is 39.5. The summed E-state index contributed by atoms with van der Waals surface area (Å²) in [5, 5.41) is 71.7. The molecular weight excluding hydrogens is 1790 g/mol. The number of halogens is 1. The number of anilines is 1. The van der Waals surface area contributed by atoms with E-state index in [-0.39, 0.29) is 99.0 Å². The van der Waals surface area contributed by atoms with Crippen LogP contribution in [0.15, 0.2) is 121 Å². The molecule has 714 valence electrons. The lowest BCUT2D eigenvalue weighted by atomic mass is 9.83. The molecule has 12 amide bonds. The second-order valence-corrected chi connectivity index (χ2v) is 38.7. The number of ether oxygens (including phenoxy) is 5. The van der Waals surface area contributed by atoms with Gasteiger partial charge in [-0.25, -0.2) is 9.59 Å². The normalized spacial score (nSPS) is 25.6. The number of carbonyl (C=O) groups is 13. The number of phenolic OH excluding ortho intramolecular Hbond substituents is 1. The quantitative estimate of drug-likeness (QED) is 0.0127. The van der Waals surface area contributed by atoms with Crippen molar-refractivity contribution >= 4 is 148 Å². The number of hydrogen-bond acceptors (Lipinski definition) is 28. The van der Waals surface area contributed by atoms with E-state index in [4.69, 9.17) is 46.8 Å². The predicted molar refractivity (Wildman–Crippen MR) is 498 cm³/mol. The van der Waals surface area contributed by atoms with Crippen LogP contribution in [0, 0.1) is 5.92 Å². The number of aliphatic hydroxyl groups excluding tert-OH is 2. The maximum atomic E-state index is 15.0. The zero-order valence-electron chi connectivity index (χ0n) is 74.6. The largest absolute Gasteiger partial charge is 0.508 e. The summed E-state index contributed by atoms with van der Waals surface area (Å²) < 4.78 is 29.6. The van der Waals surface area contributed by atoms with Crippen LogP contribution in [0.1, 0.15) is 109 Å². The van der Waals surface area contributed by atoms with Crippen molar-refractivity contribution in [3.05, 3.63) is 148 Å². The lowest BCUT2D eigenvalue weighted by Crippen LogP contribution is -2.63. The number of nitrogens with one attached hydrogen (secondary N) is 11. The van der Waals surface area contributed by atoms with Gasteiger partial charge < -0.3 is 118 Å². The van der Waals surface area contributed by atoms with Gasteiger partial charge in [0, 0.05) is 112 Å². The predicted octanol–water partition coefficient (Wildman–Crippen LogP) is 2.83. The van der Waals surface area contributed by atoms with Crippen LogP contribution in [-0.4, -0.2) is 281 Å². The standard InChI is InChI=1S/C89H120ClN15O22S4/c1-48-19-18-25-69(124-10)89(122)44-68(125-87(121)103-89)49(2)77-88(6,127-77)70(43-73(111)105(8)66-40-55(37-48)41-67(123-9)74(66)90)126-86(120)50(3)104(7)72(110)31-36-129-128-35-30-71(109)93-33-34-94-84(118)75(51(4)106)101-83(117)65-47-131-130-46-64(99-78(112)59(92)38-53-20-12-11-13-21-53)82(116)97-62(39-54-26-28-57(108)29-27-54)80(114)98-63(42-56-45-95-60-23-15-14-22-58(56)60)81(115)96-61(24-16-17-32-91)79(113)102-76(52(5)107)85(119)100-65/h11-15,18-23,25-29,40-41,45,49-52,59,61-65,68-70,75-77,95,106-108,122H,16-17,24,30-39,42-44,46-47,91-92H2,1-10H3,(H,93,109)(H,94,118)(H,96,115)(H,97,116)(H,98,114)(H,99,112)(H,100,119)(H,101,117)(H,102,113)(H,103,121)/b25-18+,48-19+/t49-,50+,51-,52-,59-,61?,62+,63-,64+,65+,68+,69-,70+,75+,76+,77+,88+,89+/m1/s1. The molecule has 5 aromatic rings. The zero-order chi connectivity index (χ0) is 95.6. The summed E-state index contributed by atoms with van der Waals surface area (Å²) >= 11 is 6.87. The number of allylic oxidation sites excluding steroid dienone is 3. The number of epoxide rings is 1. The molecule has 0 aliphatic carbocycles. The van der Waals surface area contributed by atoms with Crippen molar-refractivity contribution in [1.29, 1.82) is 0 Å². The van der Waals surface area contributed by atoms with Crippen molar-refractivity contribution in [3.63, 3.8) is 0 Å². The number of aromatic hydroxyl groups is 1. The number of para-hydroxylation sites is 1. The van der Waals surface area contributed by atoms with Crippen LogP contribution in [-0.2, 0) is 102 Å². The molecule has 19 N–H and O–H groups in total. The summed E-state index contributed by atoms with van der Waals surface area (Å²) in [5.74, 6) is -10.3. The van der Waals surface area contributed by atoms with Gasteiger partial charge in [-0.15, -0.1) is 0 Å². The Labute approximate surface area is 780 Å². The van der Waals surface area contributed by atoms with Gasteiger partial charge in [-0.1, -0.05) is 146 Å². The van der Waals surface area contributed by atoms with Crippen LogP contribution in [0.5, 0.6) is 11.5 Å². The summed E-state index contributed by atoms with van der Waals surface area (Å²) in [7, 11) is 10.2. The molecule has 1 unspecified atom stereocenters. The van der Waals surface area contributed by atoms with E-state index < -0.39 is 197 Å². The number of aromatic amines is 1. The van der Waals surface area contributed by atoms with Gasteiger partial charge in [0.2, 0.25) is 65.0 Å². The summed E-state index contributed by atoms with van der Waals surface area (Å²) in [6.45, 7) is 9.02. The highest BCUT2D eigenvalue weighted by molar-refractivity contribution is 8.77.